The van der Waals surface area contributed by atoms with Crippen LogP contribution >= 0.6 is 0 Å². The number of amides is 3. The summed E-state index contributed by atoms with van der Waals surface area (Å²) in [5.74, 6) is -0.495. The van der Waals surface area contributed by atoms with E-state index in [0.29, 0.717) is 29.9 Å². The van der Waals surface area contributed by atoms with E-state index in [1.54, 1.807) is 42.2 Å². The van der Waals surface area contributed by atoms with Crippen molar-refractivity contribution in [3.63, 3.8) is 0 Å². The third-order valence-corrected chi connectivity index (χ3v) is 15.2. The Morgan fingerprint density at radius 3 is 2.44 bits per heavy atom. The normalized spacial score (nSPS) is 25.5. The summed E-state index contributed by atoms with van der Waals surface area (Å²) < 4.78 is 12.5. The molecule has 3 heterocycles. The van der Waals surface area contributed by atoms with Crippen LogP contribution in [0.1, 0.15) is 37.0 Å². The fraction of sp³-hybridized carbons (Fsp3) is 0.432. The molecule has 3 aliphatic heterocycles. The molecule has 1 saturated heterocycles. The SMILES string of the molecule is COc1ccc([Si](C)(C)[C@@H]2[C@@H](CC(=O)N3Cc4ccccc4C[C@H]3CO)O[C@]3(C(=O)N(C)c4ccc(NC(=O)[C@H](C)O)cc43)[C@H]2C)cc1. The molecule has 3 aliphatic rings. The zero-order valence-corrected chi connectivity index (χ0v) is 29.4. The molecule has 0 aromatic heterocycles. The number of fused-ring (bicyclic) bond motifs is 3. The number of aliphatic hydroxyl groups excluding tert-OH is 2. The minimum Gasteiger partial charge on any atom is -0.497 e. The predicted molar refractivity (Wildman–Crippen MR) is 186 cm³/mol. The number of likely N-dealkylation sites (N-methyl/N-ethyl adjacent to an activating group) is 1. The number of hydrogen-bond acceptors (Lipinski definition) is 7. The standard InChI is InChI=1S/C37H45N3O7Si/c1-22-34(48(5,6)29-14-12-28(46-4)13-15-29)32(19-33(43)40-20-25-10-8-7-9-24(25)17-27(40)21-41)47-37(22)30-18-26(38-35(44)23(2)42)11-16-31(30)39(3)36(37)45/h7-16,18,22-23,27,32,34,41-42H,17,19-21H2,1-6H3,(H,38,44)/t22-,23-,27-,32+,34-,37+/m0/s1. The Labute approximate surface area is 282 Å². The van der Waals surface area contributed by atoms with Gasteiger partial charge in [0.15, 0.2) is 5.60 Å². The predicted octanol–water partition coefficient (Wildman–Crippen LogP) is 3.54. The van der Waals surface area contributed by atoms with Crippen molar-refractivity contribution in [3.05, 3.63) is 83.4 Å². The van der Waals surface area contributed by atoms with Gasteiger partial charge in [-0.3, -0.25) is 14.4 Å². The Morgan fingerprint density at radius 1 is 1.10 bits per heavy atom. The monoisotopic (exact) mass is 671 g/mol. The minimum absolute atomic E-state index is 0.0484. The topological polar surface area (TPSA) is 129 Å². The molecule has 3 aromatic carbocycles. The fourth-order valence-corrected chi connectivity index (χ4v) is 12.3. The van der Waals surface area contributed by atoms with Gasteiger partial charge >= 0.3 is 0 Å². The van der Waals surface area contributed by atoms with E-state index in [9.17, 15) is 24.6 Å². The highest BCUT2D eigenvalue weighted by Gasteiger charge is 2.66. The lowest BCUT2D eigenvalue weighted by Crippen LogP contribution is -2.52. The third-order valence-electron chi connectivity index (χ3n) is 10.9. The molecule has 48 heavy (non-hydrogen) atoms. The van der Waals surface area contributed by atoms with Crippen LogP contribution in [0.4, 0.5) is 11.4 Å². The van der Waals surface area contributed by atoms with Crippen molar-refractivity contribution < 1.29 is 34.1 Å². The Hall–Kier alpha value is -4.03. The van der Waals surface area contributed by atoms with Crippen molar-refractivity contribution in [3.8, 4) is 5.75 Å². The quantitative estimate of drug-likeness (QED) is 0.313. The maximum absolute atomic E-state index is 14.4. The molecule has 0 saturated carbocycles. The summed E-state index contributed by atoms with van der Waals surface area (Å²) in [7, 11) is 0.847. The second-order valence-corrected chi connectivity index (χ2v) is 18.6. The van der Waals surface area contributed by atoms with Gasteiger partial charge in [0.1, 0.15) is 11.9 Å². The van der Waals surface area contributed by atoms with Crippen LogP contribution < -0.4 is 20.1 Å². The van der Waals surface area contributed by atoms with E-state index >= 15 is 0 Å². The van der Waals surface area contributed by atoms with Crippen molar-refractivity contribution in [2.24, 2.45) is 5.92 Å². The molecule has 0 unspecified atom stereocenters. The highest BCUT2D eigenvalue weighted by Crippen LogP contribution is 2.60. The molecule has 3 N–H and O–H groups in total. The fourth-order valence-electron chi connectivity index (χ4n) is 8.28. The van der Waals surface area contributed by atoms with Crippen LogP contribution in [-0.2, 0) is 37.7 Å². The third kappa shape index (κ3) is 5.52. The second-order valence-electron chi connectivity index (χ2n) is 14.0. The number of benzene rings is 3. The number of carbonyl (C=O) groups excluding carboxylic acids is 3. The molecule has 0 bridgehead atoms. The van der Waals surface area contributed by atoms with Crippen molar-refractivity contribution in [1.82, 2.24) is 4.90 Å². The number of methoxy groups -OCH3 is 1. The molecule has 6 atom stereocenters. The molecule has 1 spiro atoms. The summed E-state index contributed by atoms with van der Waals surface area (Å²) in [4.78, 5) is 44.6. The van der Waals surface area contributed by atoms with Crippen LogP contribution in [-0.4, -0.2) is 79.9 Å². The molecule has 10 nitrogen and oxygen atoms in total. The highest BCUT2D eigenvalue weighted by molar-refractivity contribution is 6.91. The van der Waals surface area contributed by atoms with Gasteiger partial charge in [0.2, 0.25) is 5.91 Å². The maximum atomic E-state index is 14.4. The molecule has 11 heteroatoms. The van der Waals surface area contributed by atoms with Gasteiger partial charge in [-0.25, -0.2) is 0 Å². The first-order valence-corrected chi connectivity index (χ1v) is 19.6. The summed E-state index contributed by atoms with van der Waals surface area (Å²) in [6.45, 7) is 8.19. The highest BCUT2D eigenvalue weighted by atomic mass is 28.3. The van der Waals surface area contributed by atoms with Crippen molar-refractivity contribution in [2.75, 3.05) is 31.0 Å². The number of anilines is 2. The molecular weight excluding hydrogens is 627 g/mol. The van der Waals surface area contributed by atoms with E-state index in [2.05, 4.69) is 30.5 Å². The Kier molecular flexibility index (Phi) is 9.01. The van der Waals surface area contributed by atoms with E-state index in [4.69, 9.17) is 9.47 Å². The molecule has 0 radical (unpaired) electrons. The number of nitrogens with zero attached hydrogens (tertiary/aromatic N) is 2. The maximum Gasteiger partial charge on any atom is 0.264 e. The van der Waals surface area contributed by atoms with Crippen LogP contribution in [0.3, 0.4) is 0 Å². The molecule has 254 valence electrons. The number of aliphatic hydroxyl groups is 2. The lowest BCUT2D eigenvalue weighted by molar-refractivity contribution is -0.150. The van der Waals surface area contributed by atoms with Crippen LogP contribution in [0, 0.1) is 5.92 Å². The Bertz CT molecular complexity index is 1730. The van der Waals surface area contributed by atoms with Crippen molar-refractivity contribution >= 4 is 42.4 Å². The number of rotatable bonds is 8. The van der Waals surface area contributed by atoms with E-state index in [-0.39, 0.29) is 42.3 Å². The van der Waals surface area contributed by atoms with Crippen LogP contribution in [0.2, 0.25) is 18.6 Å². The summed E-state index contributed by atoms with van der Waals surface area (Å²) in [5, 5.41) is 24.1. The molecule has 3 aromatic rings. The van der Waals surface area contributed by atoms with E-state index in [1.807, 2.05) is 43.3 Å². The number of nitrogens with one attached hydrogen (secondary N) is 1. The first kappa shape index (κ1) is 33.9. The lowest BCUT2D eigenvalue weighted by atomic mass is 9.82. The molecule has 3 amide bonds. The average molecular weight is 672 g/mol. The van der Waals surface area contributed by atoms with Gasteiger partial charge in [-0.05, 0) is 60.3 Å². The van der Waals surface area contributed by atoms with Gasteiger partial charge in [0.05, 0.1) is 46.0 Å². The summed E-state index contributed by atoms with van der Waals surface area (Å²) in [6, 6.07) is 20.9. The lowest BCUT2D eigenvalue weighted by Gasteiger charge is -2.39. The Balaban J connectivity index is 1.42. The average Bonchev–Trinajstić information content (AvgIpc) is 3.49. The van der Waals surface area contributed by atoms with Crippen molar-refractivity contribution in [2.45, 2.75) is 75.7 Å². The van der Waals surface area contributed by atoms with Crippen LogP contribution in [0.5, 0.6) is 5.75 Å². The summed E-state index contributed by atoms with van der Waals surface area (Å²) >= 11 is 0. The largest absolute Gasteiger partial charge is 0.497 e. The second kappa shape index (κ2) is 12.8. The van der Waals surface area contributed by atoms with Gasteiger partial charge in [0, 0.05) is 30.8 Å². The van der Waals surface area contributed by atoms with Gasteiger partial charge in [-0.2, -0.15) is 0 Å². The van der Waals surface area contributed by atoms with Crippen LogP contribution in [0.25, 0.3) is 0 Å². The van der Waals surface area contributed by atoms with E-state index in [0.717, 1.165) is 22.1 Å². The van der Waals surface area contributed by atoms with Gasteiger partial charge in [0.25, 0.3) is 11.8 Å². The van der Waals surface area contributed by atoms with Crippen LogP contribution in [0.15, 0.2) is 66.7 Å². The number of hydrogen-bond donors (Lipinski definition) is 3. The first-order valence-electron chi connectivity index (χ1n) is 16.5. The molecular formula is C37H45N3O7Si. The number of ether oxygens (including phenoxy) is 2. The Morgan fingerprint density at radius 2 is 1.79 bits per heavy atom. The minimum atomic E-state index is -2.50. The van der Waals surface area contributed by atoms with E-state index in [1.165, 1.54) is 6.92 Å². The molecule has 1 fully saturated rings. The zero-order valence-electron chi connectivity index (χ0n) is 28.4. The zero-order chi connectivity index (χ0) is 34.5. The smallest absolute Gasteiger partial charge is 0.264 e. The number of carbonyl (C=O) groups is 3. The molecule has 6 rings (SSSR count). The van der Waals surface area contributed by atoms with Gasteiger partial charge in [-0.1, -0.05) is 61.6 Å². The first-order chi connectivity index (χ1) is 22.8. The summed E-state index contributed by atoms with van der Waals surface area (Å²) in [5.41, 5.74) is 2.37. The van der Waals surface area contributed by atoms with E-state index < -0.39 is 31.8 Å². The molecule has 0 aliphatic carbocycles. The van der Waals surface area contributed by atoms with Crippen molar-refractivity contribution in [1.29, 1.82) is 0 Å². The van der Waals surface area contributed by atoms with Gasteiger partial charge < -0.3 is 34.8 Å². The van der Waals surface area contributed by atoms with Gasteiger partial charge in [-0.15, -0.1) is 0 Å². The summed E-state index contributed by atoms with van der Waals surface area (Å²) in [6.07, 6.45) is -1.20.